The van der Waals surface area contributed by atoms with Crippen LogP contribution in [0.4, 0.5) is 5.82 Å². The van der Waals surface area contributed by atoms with Gasteiger partial charge >= 0.3 is 0 Å². The molecule has 0 bridgehead atoms. The molecule has 9 heteroatoms. The number of hydrogen-bond acceptors (Lipinski definition) is 6. The molecule has 2 aromatic rings. The Labute approximate surface area is 161 Å². The molecule has 2 amide bonds. The number of amides is 2. The van der Waals surface area contributed by atoms with Crippen LogP contribution in [0.3, 0.4) is 0 Å². The van der Waals surface area contributed by atoms with E-state index in [2.05, 4.69) is 15.7 Å². The molecule has 3 rings (SSSR count). The molecule has 0 saturated heterocycles. The second-order valence-electron chi connectivity index (χ2n) is 6.03. The van der Waals surface area contributed by atoms with Crippen LogP contribution >= 0.6 is 11.8 Å². The van der Waals surface area contributed by atoms with E-state index in [1.54, 1.807) is 23.6 Å². The quantitative estimate of drug-likeness (QED) is 0.710. The van der Waals surface area contributed by atoms with Crippen LogP contribution in [0, 0.1) is 0 Å². The molecule has 0 atom stereocenters. The number of benzene rings is 1. The van der Waals surface area contributed by atoms with Crippen molar-refractivity contribution in [3.8, 4) is 5.75 Å². The van der Waals surface area contributed by atoms with Gasteiger partial charge in [-0.1, -0.05) is 12.1 Å². The molecule has 1 aliphatic heterocycles. The van der Waals surface area contributed by atoms with Crippen molar-refractivity contribution in [1.29, 1.82) is 0 Å². The number of aromatic nitrogens is 2. The van der Waals surface area contributed by atoms with Gasteiger partial charge in [-0.2, -0.15) is 16.9 Å². The standard InChI is InChI=1S/C18H22N4O4S/c1-25-9-17(24)20-18-14-10-27-11-15(14)21-22(18)8-16(23)19-7-12-3-5-13(26-2)6-4-12/h3-6H,7-11H2,1-2H3,(H,19,23)(H,20,24). The SMILES string of the molecule is COCC(=O)Nc1c2c(nn1CC(=O)NCc1ccc(OC)cc1)CSC2. The number of methoxy groups -OCH3 is 2. The van der Waals surface area contributed by atoms with Gasteiger partial charge in [0, 0.05) is 30.7 Å². The molecule has 0 spiro atoms. The van der Waals surface area contributed by atoms with E-state index in [1.165, 1.54) is 7.11 Å². The van der Waals surface area contributed by atoms with Gasteiger partial charge in [0.1, 0.15) is 24.7 Å². The minimum atomic E-state index is -0.267. The van der Waals surface area contributed by atoms with Gasteiger partial charge < -0.3 is 20.1 Å². The molecule has 0 unspecified atom stereocenters. The van der Waals surface area contributed by atoms with Crippen LogP contribution in [0.15, 0.2) is 24.3 Å². The first-order valence-electron chi connectivity index (χ1n) is 8.45. The maximum atomic E-state index is 12.4. The summed E-state index contributed by atoms with van der Waals surface area (Å²) in [5.74, 6) is 2.45. The van der Waals surface area contributed by atoms with Gasteiger partial charge in [0.2, 0.25) is 5.91 Å². The second kappa shape index (κ2) is 8.92. The van der Waals surface area contributed by atoms with Crippen molar-refractivity contribution >= 4 is 29.4 Å². The molecule has 1 aromatic carbocycles. The Morgan fingerprint density at radius 3 is 2.67 bits per heavy atom. The highest BCUT2D eigenvalue weighted by Crippen LogP contribution is 2.34. The summed E-state index contributed by atoms with van der Waals surface area (Å²) in [6.07, 6.45) is 0. The molecule has 144 valence electrons. The summed E-state index contributed by atoms with van der Waals surface area (Å²) in [6.45, 7) is 0.401. The first kappa shape index (κ1) is 19.2. The third-order valence-electron chi connectivity index (χ3n) is 4.09. The van der Waals surface area contributed by atoms with Crippen molar-refractivity contribution in [3.05, 3.63) is 41.1 Å². The van der Waals surface area contributed by atoms with Crippen molar-refractivity contribution in [2.75, 3.05) is 26.1 Å². The van der Waals surface area contributed by atoms with E-state index >= 15 is 0 Å². The fourth-order valence-corrected chi connectivity index (χ4v) is 3.79. The van der Waals surface area contributed by atoms with Crippen LogP contribution in [0.5, 0.6) is 5.75 Å². The highest BCUT2D eigenvalue weighted by Gasteiger charge is 2.24. The lowest BCUT2D eigenvalue weighted by atomic mass is 10.2. The van der Waals surface area contributed by atoms with Crippen LogP contribution < -0.4 is 15.4 Å². The van der Waals surface area contributed by atoms with Gasteiger partial charge in [-0.3, -0.25) is 9.59 Å². The molecule has 1 aliphatic rings. The smallest absolute Gasteiger partial charge is 0.251 e. The Morgan fingerprint density at radius 1 is 1.19 bits per heavy atom. The Morgan fingerprint density at radius 2 is 1.96 bits per heavy atom. The largest absolute Gasteiger partial charge is 0.497 e. The lowest BCUT2D eigenvalue weighted by Crippen LogP contribution is -2.29. The normalized spacial score (nSPS) is 12.5. The predicted octanol–water partition coefficient (Wildman–Crippen LogP) is 1.54. The number of rotatable bonds is 8. The Balaban J connectivity index is 1.63. The minimum absolute atomic E-state index is 0.0381. The van der Waals surface area contributed by atoms with Crippen molar-refractivity contribution in [1.82, 2.24) is 15.1 Å². The zero-order valence-electron chi connectivity index (χ0n) is 15.3. The van der Waals surface area contributed by atoms with Gasteiger partial charge in [0.25, 0.3) is 5.91 Å². The topological polar surface area (TPSA) is 94.5 Å². The summed E-state index contributed by atoms with van der Waals surface area (Å²) in [5.41, 5.74) is 2.86. The van der Waals surface area contributed by atoms with Crippen LogP contribution in [0.1, 0.15) is 16.8 Å². The number of anilines is 1. The van der Waals surface area contributed by atoms with Crippen LogP contribution in [-0.2, 0) is 38.9 Å². The highest BCUT2D eigenvalue weighted by molar-refractivity contribution is 7.98. The lowest BCUT2D eigenvalue weighted by molar-refractivity contribution is -0.122. The molecular weight excluding hydrogens is 368 g/mol. The zero-order chi connectivity index (χ0) is 19.2. The van der Waals surface area contributed by atoms with Gasteiger partial charge in [0.05, 0.1) is 12.8 Å². The van der Waals surface area contributed by atoms with Crippen LogP contribution in [0.2, 0.25) is 0 Å². The lowest BCUT2D eigenvalue weighted by Gasteiger charge is -2.11. The van der Waals surface area contributed by atoms with Crippen molar-refractivity contribution in [2.45, 2.75) is 24.6 Å². The number of hydrogen-bond donors (Lipinski definition) is 2. The first-order valence-corrected chi connectivity index (χ1v) is 9.61. The fourth-order valence-electron chi connectivity index (χ4n) is 2.76. The van der Waals surface area contributed by atoms with E-state index < -0.39 is 0 Å². The van der Waals surface area contributed by atoms with Gasteiger partial charge in [-0.25, -0.2) is 4.68 Å². The van der Waals surface area contributed by atoms with Crippen molar-refractivity contribution in [3.63, 3.8) is 0 Å². The van der Waals surface area contributed by atoms with Crippen LogP contribution in [0.25, 0.3) is 0 Å². The molecule has 0 aliphatic carbocycles. The molecule has 0 fully saturated rings. The predicted molar refractivity (Wildman–Crippen MR) is 103 cm³/mol. The molecule has 8 nitrogen and oxygen atoms in total. The van der Waals surface area contributed by atoms with E-state index in [0.29, 0.717) is 12.4 Å². The highest BCUT2D eigenvalue weighted by atomic mass is 32.2. The fraction of sp³-hybridized carbons (Fsp3) is 0.389. The molecule has 1 aromatic heterocycles. The molecule has 2 N–H and O–H groups in total. The summed E-state index contributed by atoms with van der Waals surface area (Å²) in [6, 6.07) is 7.49. The summed E-state index contributed by atoms with van der Waals surface area (Å²) in [4.78, 5) is 24.3. The molecular formula is C18H22N4O4S. The molecule has 0 radical (unpaired) electrons. The summed E-state index contributed by atoms with van der Waals surface area (Å²) >= 11 is 1.73. The number of nitrogens with one attached hydrogen (secondary N) is 2. The van der Waals surface area contributed by atoms with Gasteiger partial charge in [-0.15, -0.1) is 0 Å². The molecule has 27 heavy (non-hydrogen) atoms. The number of fused-ring (bicyclic) bond motifs is 1. The third kappa shape index (κ3) is 4.81. The van der Waals surface area contributed by atoms with Crippen molar-refractivity contribution < 1.29 is 19.1 Å². The van der Waals surface area contributed by atoms with E-state index in [9.17, 15) is 9.59 Å². The summed E-state index contributed by atoms with van der Waals surface area (Å²) < 4.78 is 11.5. The Hall–Kier alpha value is -2.52. The Kier molecular flexibility index (Phi) is 6.36. The van der Waals surface area contributed by atoms with E-state index in [-0.39, 0.29) is 25.0 Å². The van der Waals surface area contributed by atoms with Crippen LogP contribution in [-0.4, -0.2) is 42.4 Å². The van der Waals surface area contributed by atoms with E-state index in [1.807, 2.05) is 24.3 Å². The summed E-state index contributed by atoms with van der Waals surface area (Å²) in [7, 11) is 3.07. The minimum Gasteiger partial charge on any atom is -0.497 e. The van der Waals surface area contributed by atoms with Crippen molar-refractivity contribution in [2.24, 2.45) is 0 Å². The maximum absolute atomic E-state index is 12.4. The number of nitrogens with zero attached hydrogens (tertiary/aromatic N) is 2. The number of ether oxygens (including phenoxy) is 2. The van der Waals surface area contributed by atoms with E-state index in [0.717, 1.165) is 34.1 Å². The number of thioether (sulfide) groups is 1. The summed E-state index contributed by atoms with van der Waals surface area (Å²) in [5, 5.41) is 10.2. The average Bonchev–Trinajstić information content (AvgIpc) is 3.23. The molecule has 2 heterocycles. The Bertz CT molecular complexity index is 820. The average molecular weight is 390 g/mol. The first-order chi connectivity index (χ1) is 13.1. The maximum Gasteiger partial charge on any atom is 0.251 e. The third-order valence-corrected chi connectivity index (χ3v) is 5.06. The van der Waals surface area contributed by atoms with Gasteiger partial charge in [-0.05, 0) is 17.7 Å². The number of carbonyl (C=O) groups is 2. The monoisotopic (exact) mass is 390 g/mol. The zero-order valence-corrected chi connectivity index (χ0v) is 16.1. The molecule has 0 saturated carbocycles. The number of carbonyl (C=O) groups excluding carboxylic acids is 2. The second-order valence-corrected chi connectivity index (χ2v) is 7.02. The van der Waals surface area contributed by atoms with E-state index in [4.69, 9.17) is 9.47 Å². The van der Waals surface area contributed by atoms with Gasteiger partial charge in [0.15, 0.2) is 0 Å².